The lowest BCUT2D eigenvalue weighted by Gasteiger charge is -2.36. The number of nitrogens with two attached hydrogens (primary N) is 1. The van der Waals surface area contributed by atoms with Crippen LogP contribution in [0.25, 0.3) is 5.70 Å². The van der Waals surface area contributed by atoms with Crippen LogP contribution in [0, 0.1) is 0 Å². The molecule has 0 saturated carbocycles. The van der Waals surface area contributed by atoms with Crippen LogP contribution in [-0.2, 0) is 11.2 Å². The molecule has 0 fully saturated rings. The summed E-state index contributed by atoms with van der Waals surface area (Å²) < 4.78 is 0. The van der Waals surface area contributed by atoms with E-state index in [4.69, 9.17) is 5.73 Å². The molecule has 0 aliphatic carbocycles. The average molecular weight is 245 g/mol. The van der Waals surface area contributed by atoms with Crippen LogP contribution < -0.4 is 16.4 Å². The molecule has 4 N–H and O–H groups in total. The first-order valence-corrected chi connectivity index (χ1v) is 6.03. The topological polar surface area (TPSA) is 67.1 Å². The molecule has 2 rings (SSSR count). The number of benzene rings is 1. The second-order valence-electron chi connectivity index (χ2n) is 5.21. The van der Waals surface area contributed by atoms with Gasteiger partial charge in [-0.3, -0.25) is 4.79 Å². The summed E-state index contributed by atoms with van der Waals surface area (Å²) in [7, 11) is 1.71. The van der Waals surface area contributed by atoms with E-state index in [1.165, 1.54) is 5.56 Å². The van der Waals surface area contributed by atoms with E-state index in [9.17, 15) is 4.79 Å². The molecule has 1 aliphatic rings. The second-order valence-corrected chi connectivity index (χ2v) is 5.21. The van der Waals surface area contributed by atoms with Crippen molar-refractivity contribution in [1.82, 2.24) is 10.6 Å². The molecule has 0 saturated heterocycles. The molecule has 1 aromatic rings. The zero-order chi connectivity index (χ0) is 13.3. The van der Waals surface area contributed by atoms with Crippen molar-refractivity contribution in [3.05, 3.63) is 41.1 Å². The third-order valence-corrected chi connectivity index (χ3v) is 3.13. The summed E-state index contributed by atoms with van der Waals surface area (Å²) >= 11 is 0. The second kappa shape index (κ2) is 4.37. The van der Waals surface area contributed by atoms with Gasteiger partial charge in [-0.05, 0) is 25.8 Å². The first-order valence-electron chi connectivity index (χ1n) is 6.03. The molecule has 4 heteroatoms. The van der Waals surface area contributed by atoms with Gasteiger partial charge >= 0.3 is 0 Å². The number of hydrogen-bond donors (Lipinski definition) is 3. The van der Waals surface area contributed by atoms with Gasteiger partial charge in [-0.1, -0.05) is 24.3 Å². The summed E-state index contributed by atoms with van der Waals surface area (Å²) in [5, 5.41) is 6.29. The summed E-state index contributed by atoms with van der Waals surface area (Å²) in [6, 6.07) is 8.08. The number of amides is 1. The van der Waals surface area contributed by atoms with E-state index < -0.39 is 5.91 Å². The van der Waals surface area contributed by atoms with Crippen molar-refractivity contribution in [3.63, 3.8) is 0 Å². The fourth-order valence-corrected chi connectivity index (χ4v) is 2.41. The van der Waals surface area contributed by atoms with E-state index in [1.54, 1.807) is 7.05 Å². The highest BCUT2D eigenvalue weighted by atomic mass is 16.1. The number of rotatable bonds is 2. The molecular formula is C14H19N3O. The number of nitrogens with one attached hydrogen (secondary N) is 2. The van der Waals surface area contributed by atoms with Gasteiger partial charge in [0.1, 0.15) is 5.70 Å². The molecule has 0 radical (unpaired) electrons. The quantitative estimate of drug-likeness (QED) is 0.681. The lowest BCUT2D eigenvalue weighted by atomic mass is 9.85. The number of hydrogen-bond acceptors (Lipinski definition) is 3. The Balaban J connectivity index is 2.64. The Morgan fingerprint density at radius 3 is 2.67 bits per heavy atom. The predicted molar refractivity (Wildman–Crippen MR) is 72.5 cm³/mol. The fraction of sp³-hybridized carbons (Fsp3) is 0.357. The monoisotopic (exact) mass is 245 g/mol. The molecule has 0 atom stereocenters. The van der Waals surface area contributed by atoms with Crippen LogP contribution in [0.15, 0.2) is 30.0 Å². The van der Waals surface area contributed by atoms with Crippen molar-refractivity contribution < 1.29 is 4.79 Å². The van der Waals surface area contributed by atoms with E-state index in [-0.39, 0.29) is 5.54 Å². The van der Waals surface area contributed by atoms with Gasteiger partial charge in [0, 0.05) is 18.2 Å². The highest BCUT2D eigenvalue weighted by molar-refractivity contribution is 5.99. The van der Waals surface area contributed by atoms with E-state index in [0.29, 0.717) is 5.70 Å². The fourth-order valence-electron chi connectivity index (χ4n) is 2.41. The molecule has 96 valence electrons. The van der Waals surface area contributed by atoms with Gasteiger partial charge in [-0.25, -0.2) is 0 Å². The highest BCUT2D eigenvalue weighted by Gasteiger charge is 2.29. The number of primary amides is 1. The molecule has 0 unspecified atom stereocenters. The average Bonchev–Trinajstić information content (AvgIpc) is 2.27. The maximum atomic E-state index is 11.5. The zero-order valence-electron chi connectivity index (χ0n) is 11.0. The Labute approximate surface area is 107 Å². The third kappa shape index (κ3) is 2.18. The van der Waals surface area contributed by atoms with Crippen LogP contribution in [0.4, 0.5) is 0 Å². The van der Waals surface area contributed by atoms with Crippen molar-refractivity contribution in [2.24, 2.45) is 5.73 Å². The minimum atomic E-state index is -0.451. The zero-order valence-corrected chi connectivity index (χ0v) is 11.0. The van der Waals surface area contributed by atoms with E-state index >= 15 is 0 Å². The summed E-state index contributed by atoms with van der Waals surface area (Å²) in [5.74, 6) is -0.451. The number of likely N-dealkylation sites (N-methyl/N-ethyl adjacent to an activating group) is 1. The number of carbonyl (C=O) groups excluding carboxylic acids is 1. The molecule has 18 heavy (non-hydrogen) atoms. The first kappa shape index (κ1) is 12.5. The molecular weight excluding hydrogens is 226 g/mol. The Morgan fingerprint density at radius 1 is 1.39 bits per heavy atom. The normalized spacial score (nSPS) is 19.5. The van der Waals surface area contributed by atoms with Crippen molar-refractivity contribution in [2.45, 2.75) is 25.8 Å². The Kier molecular flexibility index (Phi) is 3.03. The summed E-state index contributed by atoms with van der Waals surface area (Å²) in [5.41, 5.74) is 8.81. The minimum Gasteiger partial charge on any atom is -0.382 e. The molecule has 0 bridgehead atoms. The van der Waals surface area contributed by atoms with Gasteiger partial charge < -0.3 is 16.4 Å². The van der Waals surface area contributed by atoms with Crippen LogP contribution in [0.5, 0.6) is 0 Å². The number of carbonyl (C=O) groups is 1. The Hall–Kier alpha value is -1.97. The Morgan fingerprint density at radius 2 is 2.06 bits per heavy atom. The largest absolute Gasteiger partial charge is 0.382 e. The molecule has 0 aromatic heterocycles. The maximum Gasteiger partial charge on any atom is 0.266 e. The predicted octanol–water partition coefficient (Wildman–Crippen LogP) is 0.984. The van der Waals surface area contributed by atoms with Gasteiger partial charge in [0.25, 0.3) is 5.91 Å². The van der Waals surface area contributed by atoms with Gasteiger partial charge in [-0.15, -0.1) is 0 Å². The molecule has 0 spiro atoms. The highest BCUT2D eigenvalue weighted by Crippen LogP contribution is 2.30. The molecule has 1 aromatic carbocycles. The van der Waals surface area contributed by atoms with Gasteiger partial charge in [0.05, 0.1) is 5.70 Å². The maximum absolute atomic E-state index is 11.5. The lowest BCUT2D eigenvalue weighted by Crippen LogP contribution is -2.45. The van der Waals surface area contributed by atoms with E-state index in [0.717, 1.165) is 17.7 Å². The SMILES string of the molecule is CN/C(C(N)=O)=C1/NC(C)(C)Cc2ccccc21. The number of fused-ring (bicyclic) bond motifs is 1. The van der Waals surface area contributed by atoms with Crippen LogP contribution in [0.2, 0.25) is 0 Å². The van der Waals surface area contributed by atoms with Crippen molar-refractivity contribution in [3.8, 4) is 0 Å². The van der Waals surface area contributed by atoms with Crippen molar-refractivity contribution in [2.75, 3.05) is 7.05 Å². The van der Waals surface area contributed by atoms with Crippen molar-refractivity contribution in [1.29, 1.82) is 0 Å². The van der Waals surface area contributed by atoms with Crippen molar-refractivity contribution >= 4 is 11.6 Å². The van der Waals surface area contributed by atoms with Crippen LogP contribution >= 0.6 is 0 Å². The smallest absolute Gasteiger partial charge is 0.266 e. The molecule has 1 amide bonds. The standard InChI is InChI=1S/C14H19N3O/c1-14(2)8-9-6-4-5-7-10(9)11(17-14)12(16-3)13(15)18/h4-7,16-17H,8H2,1-3H3,(H2,15,18)/b12-11+. The molecule has 1 heterocycles. The summed E-state index contributed by atoms with van der Waals surface area (Å²) in [6.07, 6.45) is 0.919. The summed E-state index contributed by atoms with van der Waals surface area (Å²) in [6.45, 7) is 4.22. The van der Waals surface area contributed by atoms with Gasteiger partial charge in [0.2, 0.25) is 0 Å². The first-order chi connectivity index (χ1) is 8.44. The summed E-state index contributed by atoms with van der Waals surface area (Å²) in [4.78, 5) is 11.5. The Bertz CT molecular complexity index is 518. The minimum absolute atomic E-state index is 0.0960. The van der Waals surface area contributed by atoms with Gasteiger partial charge in [0.15, 0.2) is 0 Å². The van der Waals surface area contributed by atoms with Crippen LogP contribution in [0.1, 0.15) is 25.0 Å². The van der Waals surface area contributed by atoms with Gasteiger partial charge in [-0.2, -0.15) is 0 Å². The third-order valence-electron chi connectivity index (χ3n) is 3.13. The van der Waals surface area contributed by atoms with E-state index in [1.807, 2.05) is 18.2 Å². The van der Waals surface area contributed by atoms with Crippen LogP contribution in [-0.4, -0.2) is 18.5 Å². The van der Waals surface area contributed by atoms with E-state index in [2.05, 4.69) is 30.5 Å². The molecule has 1 aliphatic heterocycles. The van der Waals surface area contributed by atoms with Crippen LogP contribution in [0.3, 0.4) is 0 Å². The molecule has 4 nitrogen and oxygen atoms in total. The lowest BCUT2D eigenvalue weighted by molar-refractivity contribution is -0.114.